The summed E-state index contributed by atoms with van der Waals surface area (Å²) in [6, 6.07) is 11.2. The third-order valence-electron chi connectivity index (χ3n) is 5.41. The van der Waals surface area contributed by atoms with E-state index in [0.717, 1.165) is 29.1 Å². The van der Waals surface area contributed by atoms with E-state index in [0.29, 0.717) is 23.6 Å². The number of anilines is 1. The summed E-state index contributed by atoms with van der Waals surface area (Å²) < 4.78 is 11.3. The number of ether oxygens (including phenoxy) is 2. The van der Waals surface area contributed by atoms with Crippen molar-refractivity contribution in [2.75, 3.05) is 25.1 Å². The maximum Gasteiger partial charge on any atom is 0.142 e. The van der Waals surface area contributed by atoms with Crippen molar-refractivity contribution in [2.45, 2.75) is 36.9 Å². The van der Waals surface area contributed by atoms with Crippen LogP contribution in [-0.4, -0.2) is 64.6 Å². The molecule has 2 aromatic rings. The number of fused-ring (bicyclic) bond motifs is 1. The van der Waals surface area contributed by atoms with Crippen LogP contribution in [-0.2, 0) is 11.2 Å². The molecule has 5 N–H and O–H groups in total. The summed E-state index contributed by atoms with van der Waals surface area (Å²) in [5.41, 5.74) is 3.41. The highest BCUT2D eigenvalue weighted by Gasteiger charge is 2.44. The minimum absolute atomic E-state index is 0.467. The van der Waals surface area contributed by atoms with Crippen LogP contribution in [0.5, 0.6) is 5.75 Å². The second kappa shape index (κ2) is 8.47. The van der Waals surface area contributed by atoms with Crippen LogP contribution in [0.25, 0.3) is 0 Å². The van der Waals surface area contributed by atoms with Gasteiger partial charge in [0.25, 0.3) is 0 Å². The lowest BCUT2D eigenvalue weighted by Crippen LogP contribution is -2.55. The number of rotatable bonds is 4. The van der Waals surface area contributed by atoms with Gasteiger partial charge in [0, 0.05) is 11.6 Å². The molecule has 8 heteroatoms. The number of aliphatic hydroxyl groups is 4. The number of aliphatic hydroxyl groups excluding tert-OH is 4. The first-order valence-electron chi connectivity index (χ1n) is 9.56. The summed E-state index contributed by atoms with van der Waals surface area (Å²) in [5, 5.41) is 43.7. The van der Waals surface area contributed by atoms with Crippen LogP contribution >= 0.6 is 11.6 Å². The maximum atomic E-state index is 10.4. The lowest BCUT2D eigenvalue weighted by Gasteiger charge is -2.40. The van der Waals surface area contributed by atoms with Gasteiger partial charge in [0.05, 0.1) is 12.3 Å². The van der Waals surface area contributed by atoms with Gasteiger partial charge in [0.1, 0.15) is 42.9 Å². The Balaban J connectivity index is 1.59. The third-order valence-corrected chi connectivity index (χ3v) is 5.77. The quantitative estimate of drug-likeness (QED) is 0.505. The zero-order valence-electron chi connectivity index (χ0n) is 15.7. The van der Waals surface area contributed by atoms with Gasteiger partial charge >= 0.3 is 0 Å². The van der Waals surface area contributed by atoms with Crippen molar-refractivity contribution in [2.24, 2.45) is 0 Å². The molecule has 0 radical (unpaired) electrons. The molecule has 7 nitrogen and oxygen atoms in total. The van der Waals surface area contributed by atoms with Crippen LogP contribution in [0, 0.1) is 0 Å². The smallest absolute Gasteiger partial charge is 0.142 e. The third kappa shape index (κ3) is 4.07. The molecule has 2 aliphatic heterocycles. The highest BCUT2D eigenvalue weighted by Crippen LogP contribution is 2.35. The normalized spacial score (nSPS) is 28.9. The first-order chi connectivity index (χ1) is 14.0. The minimum atomic E-state index is -1.42. The van der Waals surface area contributed by atoms with E-state index < -0.39 is 37.1 Å². The van der Waals surface area contributed by atoms with E-state index >= 15 is 0 Å². The monoisotopic (exact) mass is 421 g/mol. The lowest BCUT2D eigenvalue weighted by molar-refractivity contribution is -0.231. The van der Waals surface area contributed by atoms with Gasteiger partial charge in [-0.25, -0.2) is 0 Å². The van der Waals surface area contributed by atoms with Crippen molar-refractivity contribution < 1.29 is 29.9 Å². The Hall–Kier alpha value is -1.87. The van der Waals surface area contributed by atoms with Crippen LogP contribution in [0.15, 0.2) is 36.4 Å². The minimum Gasteiger partial charge on any atom is -0.490 e. The first-order valence-corrected chi connectivity index (χ1v) is 9.94. The average molecular weight is 422 g/mol. The predicted octanol–water partition coefficient (Wildman–Crippen LogP) is 1.25. The van der Waals surface area contributed by atoms with Crippen molar-refractivity contribution in [3.8, 4) is 5.75 Å². The Morgan fingerprint density at radius 2 is 1.86 bits per heavy atom. The molecule has 0 unspecified atom stereocenters. The molecule has 29 heavy (non-hydrogen) atoms. The molecule has 1 fully saturated rings. The summed E-state index contributed by atoms with van der Waals surface area (Å²) in [6.07, 6.45) is -5.44. The van der Waals surface area contributed by atoms with E-state index in [1.54, 1.807) is 12.1 Å². The van der Waals surface area contributed by atoms with Crippen molar-refractivity contribution >= 4 is 17.3 Å². The van der Waals surface area contributed by atoms with Gasteiger partial charge in [-0.1, -0.05) is 29.8 Å². The molecule has 5 atom stereocenters. The van der Waals surface area contributed by atoms with E-state index in [2.05, 4.69) is 5.32 Å². The van der Waals surface area contributed by atoms with Gasteiger partial charge in [-0.2, -0.15) is 0 Å². The van der Waals surface area contributed by atoms with E-state index in [1.165, 1.54) is 0 Å². The van der Waals surface area contributed by atoms with E-state index in [-0.39, 0.29) is 0 Å². The van der Waals surface area contributed by atoms with E-state index in [1.807, 2.05) is 24.3 Å². The highest BCUT2D eigenvalue weighted by molar-refractivity contribution is 6.31. The van der Waals surface area contributed by atoms with Gasteiger partial charge < -0.3 is 35.2 Å². The fraction of sp³-hybridized carbons (Fsp3) is 0.429. The molecular formula is C21H24ClNO6. The molecule has 0 aromatic heterocycles. The zero-order valence-corrected chi connectivity index (χ0v) is 16.4. The molecule has 2 aromatic carbocycles. The van der Waals surface area contributed by atoms with Crippen molar-refractivity contribution in [3.63, 3.8) is 0 Å². The van der Waals surface area contributed by atoms with E-state index in [9.17, 15) is 20.4 Å². The van der Waals surface area contributed by atoms with Crippen molar-refractivity contribution in [1.82, 2.24) is 0 Å². The second-order valence-corrected chi connectivity index (χ2v) is 7.79. The lowest BCUT2D eigenvalue weighted by atomic mass is 9.90. The van der Waals surface area contributed by atoms with Gasteiger partial charge in [-0.05, 0) is 41.3 Å². The molecule has 4 rings (SSSR count). The molecule has 0 bridgehead atoms. The number of benzene rings is 2. The Kier molecular flexibility index (Phi) is 5.96. The SMILES string of the molecule is OC[C@H]1O[C@@H](c2ccc(Cl)c(Cc3ccc4c(c3)OCCN4)c2)[C@H](O)[C@@H](O)[C@@H]1O. The average Bonchev–Trinajstić information content (AvgIpc) is 2.74. The van der Waals surface area contributed by atoms with Crippen LogP contribution < -0.4 is 10.1 Å². The number of nitrogens with one attached hydrogen (secondary N) is 1. The summed E-state index contributed by atoms with van der Waals surface area (Å²) in [4.78, 5) is 0. The Bertz CT molecular complexity index is 876. The van der Waals surface area contributed by atoms with E-state index in [4.69, 9.17) is 21.1 Å². The predicted molar refractivity (Wildman–Crippen MR) is 107 cm³/mol. The zero-order chi connectivity index (χ0) is 20.5. The first kappa shape index (κ1) is 20.4. The van der Waals surface area contributed by atoms with Crippen LogP contribution in [0.4, 0.5) is 5.69 Å². The molecule has 156 valence electrons. The Morgan fingerprint density at radius 1 is 1.03 bits per heavy atom. The summed E-state index contributed by atoms with van der Waals surface area (Å²) in [6.45, 7) is 0.925. The fourth-order valence-corrected chi connectivity index (χ4v) is 3.98. The second-order valence-electron chi connectivity index (χ2n) is 7.38. The van der Waals surface area contributed by atoms with Crippen LogP contribution in [0.3, 0.4) is 0 Å². The van der Waals surface area contributed by atoms with Gasteiger partial charge in [-0.15, -0.1) is 0 Å². The number of hydrogen-bond donors (Lipinski definition) is 5. The van der Waals surface area contributed by atoms with Gasteiger partial charge in [-0.3, -0.25) is 0 Å². The summed E-state index contributed by atoms with van der Waals surface area (Å²) >= 11 is 6.40. The fourth-order valence-electron chi connectivity index (χ4n) is 3.79. The molecule has 0 aliphatic carbocycles. The van der Waals surface area contributed by atoms with Crippen LogP contribution in [0.2, 0.25) is 5.02 Å². The van der Waals surface area contributed by atoms with Crippen molar-refractivity contribution in [3.05, 3.63) is 58.1 Å². The highest BCUT2D eigenvalue weighted by atomic mass is 35.5. The largest absolute Gasteiger partial charge is 0.490 e. The number of halogens is 1. The topological polar surface area (TPSA) is 111 Å². The molecule has 1 saturated heterocycles. The van der Waals surface area contributed by atoms with Gasteiger partial charge in [0.15, 0.2) is 0 Å². The molecule has 0 spiro atoms. The van der Waals surface area contributed by atoms with Crippen LogP contribution in [0.1, 0.15) is 22.8 Å². The standard InChI is InChI=1S/C21H24ClNO6/c22-14-3-2-12(21-20(27)19(26)18(25)17(10-24)29-21)9-13(14)7-11-1-4-15-16(8-11)28-6-5-23-15/h1-4,8-9,17-21,23-27H,5-7,10H2/t17-,18-,19+,20-,21+/m1/s1. The molecule has 0 saturated carbocycles. The van der Waals surface area contributed by atoms with Gasteiger partial charge in [0.2, 0.25) is 0 Å². The number of hydrogen-bond acceptors (Lipinski definition) is 7. The molecule has 2 aliphatic rings. The maximum absolute atomic E-state index is 10.4. The molecular weight excluding hydrogens is 398 g/mol. The van der Waals surface area contributed by atoms with Crippen molar-refractivity contribution in [1.29, 1.82) is 0 Å². The molecule has 0 amide bonds. The molecule has 2 heterocycles. The Morgan fingerprint density at radius 3 is 2.66 bits per heavy atom. The Labute approximate surface area is 173 Å². The summed E-state index contributed by atoms with van der Waals surface area (Å²) in [7, 11) is 0. The summed E-state index contributed by atoms with van der Waals surface area (Å²) in [5.74, 6) is 0.801.